The number of ether oxygens (including phenoxy) is 4. The molecule has 9 heteroatoms. The summed E-state index contributed by atoms with van der Waals surface area (Å²) in [5, 5.41) is 2.91. The zero-order valence-electron chi connectivity index (χ0n) is 18.5. The van der Waals surface area contributed by atoms with Gasteiger partial charge >= 0.3 is 11.9 Å². The molecule has 0 aliphatic rings. The molecular formula is C25H22ClNO7. The molecular weight excluding hydrogens is 462 g/mol. The number of rotatable bonds is 9. The molecule has 3 rings (SSSR count). The van der Waals surface area contributed by atoms with Crippen molar-refractivity contribution in [2.24, 2.45) is 0 Å². The number of carbonyl (C=O) groups is 3. The van der Waals surface area contributed by atoms with Gasteiger partial charge in [-0.3, -0.25) is 4.79 Å². The van der Waals surface area contributed by atoms with E-state index in [4.69, 9.17) is 30.5 Å². The summed E-state index contributed by atoms with van der Waals surface area (Å²) in [5.74, 6) is -1.25. The van der Waals surface area contributed by atoms with Crippen molar-refractivity contribution < 1.29 is 33.3 Å². The van der Waals surface area contributed by atoms with E-state index in [-0.39, 0.29) is 40.8 Å². The zero-order valence-corrected chi connectivity index (χ0v) is 19.3. The van der Waals surface area contributed by atoms with E-state index in [2.05, 4.69) is 5.32 Å². The summed E-state index contributed by atoms with van der Waals surface area (Å²) in [6.45, 7) is -0.336. The summed E-state index contributed by atoms with van der Waals surface area (Å²) in [4.78, 5) is 37.6. The molecule has 0 saturated heterocycles. The molecule has 3 aromatic rings. The maximum atomic E-state index is 12.8. The van der Waals surface area contributed by atoms with Crippen LogP contribution in [0.25, 0.3) is 0 Å². The minimum Gasteiger partial charge on any atom is -0.493 e. The fraction of sp³-hybridized carbons (Fsp3) is 0.160. The highest BCUT2D eigenvalue weighted by molar-refractivity contribution is 6.34. The van der Waals surface area contributed by atoms with Crippen molar-refractivity contribution in [1.29, 1.82) is 0 Å². The lowest BCUT2D eigenvalue weighted by atomic mass is 10.1. The quantitative estimate of drug-likeness (QED) is 0.350. The van der Waals surface area contributed by atoms with Crippen molar-refractivity contribution in [3.63, 3.8) is 0 Å². The Bertz CT molecular complexity index is 1180. The van der Waals surface area contributed by atoms with Crippen LogP contribution >= 0.6 is 11.6 Å². The molecule has 0 aliphatic heterocycles. The highest BCUT2D eigenvalue weighted by Crippen LogP contribution is 2.34. The van der Waals surface area contributed by atoms with E-state index < -0.39 is 17.8 Å². The zero-order chi connectivity index (χ0) is 24.5. The SMILES string of the molecule is COc1cc(NC(=O)c2ccccc2Cl)c(C(=O)OCCOC(=O)c2ccccc2)cc1OC. The van der Waals surface area contributed by atoms with Crippen molar-refractivity contribution in [3.05, 3.63) is 88.4 Å². The van der Waals surface area contributed by atoms with Crippen LogP contribution in [0.4, 0.5) is 5.69 Å². The molecule has 0 aliphatic carbocycles. The summed E-state index contributed by atoms with van der Waals surface area (Å²) in [7, 11) is 2.84. The van der Waals surface area contributed by atoms with Crippen LogP contribution in [0, 0.1) is 0 Å². The Labute approximate surface area is 201 Å². The number of anilines is 1. The highest BCUT2D eigenvalue weighted by Gasteiger charge is 2.21. The number of halogens is 1. The number of methoxy groups -OCH3 is 2. The minimum absolute atomic E-state index is 0.0208. The van der Waals surface area contributed by atoms with Gasteiger partial charge in [-0.05, 0) is 24.3 Å². The van der Waals surface area contributed by atoms with Crippen molar-refractivity contribution in [1.82, 2.24) is 0 Å². The first-order valence-corrected chi connectivity index (χ1v) is 10.5. The van der Waals surface area contributed by atoms with Gasteiger partial charge in [0, 0.05) is 12.1 Å². The molecule has 34 heavy (non-hydrogen) atoms. The first-order valence-electron chi connectivity index (χ1n) is 10.2. The van der Waals surface area contributed by atoms with E-state index in [0.29, 0.717) is 11.3 Å². The fourth-order valence-corrected chi connectivity index (χ4v) is 3.21. The molecule has 1 N–H and O–H groups in total. The smallest absolute Gasteiger partial charge is 0.340 e. The van der Waals surface area contributed by atoms with Gasteiger partial charge in [0.25, 0.3) is 5.91 Å². The molecule has 1 amide bonds. The van der Waals surface area contributed by atoms with Crippen LogP contribution in [0.1, 0.15) is 31.1 Å². The van der Waals surface area contributed by atoms with Gasteiger partial charge in [-0.25, -0.2) is 9.59 Å². The van der Waals surface area contributed by atoms with Crippen LogP contribution < -0.4 is 14.8 Å². The number of carbonyl (C=O) groups excluding carboxylic acids is 3. The van der Waals surface area contributed by atoms with Crippen LogP contribution in [0.5, 0.6) is 11.5 Å². The number of hydrogen-bond acceptors (Lipinski definition) is 7. The molecule has 3 aromatic carbocycles. The largest absolute Gasteiger partial charge is 0.493 e. The van der Waals surface area contributed by atoms with E-state index in [1.165, 1.54) is 26.4 Å². The Balaban J connectivity index is 1.73. The van der Waals surface area contributed by atoms with Crippen LogP contribution in [-0.4, -0.2) is 45.3 Å². The van der Waals surface area contributed by atoms with E-state index in [1.54, 1.807) is 54.6 Å². The third kappa shape index (κ3) is 6.05. The third-order valence-corrected chi connectivity index (χ3v) is 5.00. The standard InChI is InChI=1S/C25H22ClNO7/c1-31-21-14-18(25(30)34-13-12-33-24(29)16-8-4-3-5-9-16)20(15-22(21)32-2)27-23(28)17-10-6-7-11-19(17)26/h3-11,14-15H,12-13H2,1-2H3,(H,27,28). The molecule has 0 heterocycles. The van der Waals surface area contributed by atoms with Crippen molar-refractivity contribution in [2.45, 2.75) is 0 Å². The van der Waals surface area contributed by atoms with Gasteiger partial charge in [-0.2, -0.15) is 0 Å². The van der Waals surface area contributed by atoms with Gasteiger partial charge in [0.15, 0.2) is 11.5 Å². The van der Waals surface area contributed by atoms with E-state index >= 15 is 0 Å². The topological polar surface area (TPSA) is 100 Å². The van der Waals surface area contributed by atoms with Crippen LogP contribution in [-0.2, 0) is 9.47 Å². The van der Waals surface area contributed by atoms with Gasteiger partial charge in [0.1, 0.15) is 13.2 Å². The Kier molecular flexibility index (Phi) is 8.48. The predicted octanol–water partition coefficient (Wildman–Crippen LogP) is 4.62. The molecule has 176 valence electrons. The van der Waals surface area contributed by atoms with Gasteiger partial charge in [0.05, 0.1) is 41.6 Å². The van der Waals surface area contributed by atoms with Gasteiger partial charge in [0.2, 0.25) is 0 Å². The summed E-state index contributed by atoms with van der Waals surface area (Å²) in [6, 6.07) is 17.8. The molecule has 0 aromatic heterocycles. The normalized spacial score (nSPS) is 10.2. The Morgan fingerprint density at radius 3 is 2.00 bits per heavy atom. The van der Waals surface area contributed by atoms with Crippen LogP contribution in [0.2, 0.25) is 5.02 Å². The third-order valence-electron chi connectivity index (χ3n) is 4.67. The molecule has 0 radical (unpaired) electrons. The second-order valence-corrected chi connectivity index (χ2v) is 7.23. The second kappa shape index (κ2) is 11.7. The number of esters is 2. The van der Waals surface area contributed by atoms with Gasteiger partial charge in [-0.1, -0.05) is 41.9 Å². The number of hydrogen-bond donors (Lipinski definition) is 1. The van der Waals surface area contributed by atoms with E-state index in [9.17, 15) is 14.4 Å². The highest BCUT2D eigenvalue weighted by atomic mass is 35.5. The summed E-state index contributed by atoms with van der Waals surface area (Å²) >= 11 is 6.11. The lowest BCUT2D eigenvalue weighted by Crippen LogP contribution is -2.18. The summed E-state index contributed by atoms with van der Waals surface area (Å²) < 4.78 is 20.9. The average molecular weight is 484 g/mol. The molecule has 0 fully saturated rings. The Hall–Kier alpha value is -4.04. The predicted molar refractivity (Wildman–Crippen MR) is 126 cm³/mol. The monoisotopic (exact) mass is 483 g/mol. The van der Waals surface area contributed by atoms with Crippen LogP contribution in [0.3, 0.4) is 0 Å². The Morgan fingerprint density at radius 2 is 1.35 bits per heavy atom. The molecule has 0 spiro atoms. The van der Waals surface area contributed by atoms with Gasteiger partial charge < -0.3 is 24.3 Å². The first-order chi connectivity index (χ1) is 16.4. The fourth-order valence-electron chi connectivity index (χ4n) is 2.99. The maximum absolute atomic E-state index is 12.8. The van der Waals surface area contributed by atoms with E-state index in [0.717, 1.165) is 0 Å². The number of benzene rings is 3. The second-order valence-electron chi connectivity index (χ2n) is 6.82. The molecule has 0 saturated carbocycles. The Morgan fingerprint density at radius 1 is 0.765 bits per heavy atom. The van der Waals surface area contributed by atoms with Gasteiger partial charge in [-0.15, -0.1) is 0 Å². The number of nitrogens with one attached hydrogen (secondary N) is 1. The maximum Gasteiger partial charge on any atom is 0.340 e. The molecule has 8 nitrogen and oxygen atoms in total. The minimum atomic E-state index is -0.758. The molecule has 0 atom stereocenters. The van der Waals surface area contributed by atoms with Crippen molar-refractivity contribution in [3.8, 4) is 11.5 Å². The van der Waals surface area contributed by atoms with Crippen LogP contribution in [0.15, 0.2) is 66.7 Å². The lowest BCUT2D eigenvalue weighted by molar-refractivity contribution is 0.0266. The average Bonchev–Trinajstić information content (AvgIpc) is 2.86. The first kappa shape index (κ1) is 24.6. The van der Waals surface area contributed by atoms with Crippen molar-refractivity contribution >= 4 is 35.1 Å². The summed E-state index contributed by atoms with van der Waals surface area (Å²) in [5.41, 5.74) is 0.769. The van der Waals surface area contributed by atoms with E-state index in [1.807, 2.05) is 0 Å². The molecule has 0 unspecified atom stereocenters. The van der Waals surface area contributed by atoms with Crippen molar-refractivity contribution in [2.75, 3.05) is 32.8 Å². The summed E-state index contributed by atoms with van der Waals surface area (Å²) in [6.07, 6.45) is 0. The molecule has 0 bridgehead atoms. The number of amides is 1. The lowest BCUT2D eigenvalue weighted by Gasteiger charge is -2.15.